The number of carboxylic acids is 1. The zero-order valence-corrected chi connectivity index (χ0v) is 13.2. The third-order valence-electron chi connectivity index (χ3n) is 3.98. The first kappa shape index (κ1) is 16.9. The molecule has 1 atom stereocenters. The van der Waals surface area contributed by atoms with Crippen LogP contribution in [0.15, 0.2) is 60.7 Å². The van der Waals surface area contributed by atoms with E-state index in [2.05, 4.69) is 0 Å². The molecule has 2 rings (SSSR count). The summed E-state index contributed by atoms with van der Waals surface area (Å²) < 4.78 is 0. The molecule has 0 radical (unpaired) electrons. The number of benzene rings is 2. The number of ketones is 1. The van der Waals surface area contributed by atoms with Gasteiger partial charge >= 0.3 is 5.97 Å². The van der Waals surface area contributed by atoms with Crippen molar-refractivity contribution >= 4 is 11.8 Å². The van der Waals surface area contributed by atoms with Crippen molar-refractivity contribution in [3.05, 3.63) is 71.8 Å². The smallest absolute Gasteiger partial charge is 0.306 e. The van der Waals surface area contributed by atoms with Gasteiger partial charge < -0.3 is 5.11 Å². The van der Waals surface area contributed by atoms with Crippen LogP contribution in [-0.4, -0.2) is 16.9 Å². The van der Waals surface area contributed by atoms with E-state index in [1.165, 1.54) is 0 Å². The van der Waals surface area contributed by atoms with Gasteiger partial charge in [0.25, 0.3) is 0 Å². The van der Waals surface area contributed by atoms with E-state index in [1.54, 1.807) is 0 Å². The quantitative estimate of drug-likeness (QED) is 0.764. The van der Waals surface area contributed by atoms with E-state index in [4.69, 9.17) is 0 Å². The summed E-state index contributed by atoms with van der Waals surface area (Å²) in [7, 11) is 0. The van der Waals surface area contributed by atoms with Crippen molar-refractivity contribution in [1.29, 1.82) is 0 Å². The minimum atomic E-state index is -0.881. The lowest BCUT2D eigenvalue weighted by Crippen LogP contribution is -2.19. The summed E-state index contributed by atoms with van der Waals surface area (Å²) in [5.41, 5.74) is 2.22. The Bertz CT molecular complexity index is 620. The molecular formula is C20H22O3. The second kappa shape index (κ2) is 8.89. The van der Waals surface area contributed by atoms with Gasteiger partial charge in [-0.1, -0.05) is 60.7 Å². The SMILES string of the molecule is O=C(CCc1ccccc1)CC(CCc1ccccc1)C(=O)O. The fraction of sp³-hybridized carbons (Fsp3) is 0.300. The fourth-order valence-corrected chi connectivity index (χ4v) is 2.60. The summed E-state index contributed by atoms with van der Waals surface area (Å²) in [6, 6.07) is 19.6. The molecule has 0 amide bonds. The van der Waals surface area contributed by atoms with Crippen molar-refractivity contribution in [2.24, 2.45) is 5.92 Å². The second-order valence-corrected chi connectivity index (χ2v) is 5.79. The molecule has 0 spiro atoms. The molecule has 120 valence electrons. The number of aryl methyl sites for hydroxylation is 2. The maximum absolute atomic E-state index is 12.1. The highest BCUT2D eigenvalue weighted by molar-refractivity contribution is 5.83. The summed E-state index contributed by atoms with van der Waals surface area (Å²) in [5, 5.41) is 9.33. The number of hydrogen-bond acceptors (Lipinski definition) is 2. The van der Waals surface area contributed by atoms with Gasteiger partial charge in [0.05, 0.1) is 5.92 Å². The highest BCUT2D eigenvalue weighted by atomic mass is 16.4. The summed E-state index contributed by atoms with van der Waals surface area (Å²) >= 11 is 0. The third kappa shape index (κ3) is 6.07. The topological polar surface area (TPSA) is 54.4 Å². The summed E-state index contributed by atoms with van der Waals surface area (Å²) in [6.07, 6.45) is 2.37. The number of hydrogen-bond donors (Lipinski definition) is 1. The van der Waals surface area contributed by atoms with E-state index < -0.39 is 11.9 Å². The molecule has 3 nitrogen and oxygen atoms in total. The highest BCUT2D eigenvalue weighted by Crippen LogP contribution is 2.16. The van der Waals surface area contributed by atoms with Crippen LogP contribution >= 0.6 is 0 Å². The number of Topliss-reactive ketones (excluding diaryl/α,β-unsaturated/α-hetero) is 1. The van der Waals surface area contributed by atoms with Gasteiger partial charge in [-0.05, 0) is 30.4 Å². The summed E-state index contributed by atoms with van der Waals surface area (Å²) in [5.74, 6) is -1.46. The summed E-state index contributed by atoms with van der Waals surface area (Å²) in [4.78, 5) is 23.5. The first-order valence-corrected chi connectivity index (χ1v) is 7.97. The molecule has 23 heavy (non-hydrogen) atoms. The highest BCUT2D eigenvalue weighted by Gasteiger charge is 2.20. The molecule has 0 bridgehead atoms. The van der Waals surface area contributed by atoms with Crippen LogP contribution in [0, 0.1) is 5.92 Å². The molecular weight excluding hydrogens is 288 g/mol. The first-order chi connectivity index (χ1) is 11.1. The molecule has 0 aliphatic carbocycles. The van der Waals surface area contributed by atoms with E-state index in [0.29, 0.717) is 25.7 Å². The Hall–Kier alpha value is -2.42. The lowest BCUT2D eigenvalue weighted by molar-refractivity contribution is -0.144. The predicted molar refractivity (Wildman–Crippen MR) is 90.3 cm³/mol. The lowest BCUT2D eigenvalue weighted by atomic mass is 9.93. The average Bonchev–Trinajstić information content (AvgIpc) is 2.58. The fourth-order valence-electron chi connectivity index (χ4n) is 2.60. The van der Waals surface area contributed by atoms with Gasteiger partial charge in [0.1, 0.15) is 5.78 Å². The Morgan fingerprint density at radius 2 is 1.35 bits per heavy atom. The maximum Gasteiger partial charge on any atom is 0.306 e. The van der Waals surface area contributed by atoms with E-state index in [-0.39, 0.29) is 12.2 Å². The first-order valence-electron chi connectivity index (χ1n) is 7.97. The van der Waals surface area contributed by atoms with Crippen LogP contribution in [-0.2, 0) is 22.4 Å². The Labute approximate surface area is 137 Å². The van der Waals surface area contributed by atoms with Crippen molar-refractivity contribution in [2.75, 3.05) is 0 Å². The van der Waals surface area contributed by atoms with Gasteiger partial charge in [-0.25, -0.2) is 0 Å². The monoisotopic (exact) mass is 310 g/mol. The molecule has 0 aromatic heterocycles. The molecule has 0 fully saturated rings. The number of carbonyl (C=O) groups excluding carboxylic acids is 1. The van der Waals surface area contributed by atoms with Gasteiger partial charge in [0, 0.05) is 12.8 Å². The number of carboxylic acid groups (broad SMARTS) is 1. The van der Waals surface area contributed by atoms with Crippen LogP contribution in [0.2, 0.25) is 0 Å². The average molecular weight is 310 g/mol. The molecule has 0 aliphatic heterocycles. The van der Waals surface area contributed by atoms with Crippen LogP contribution in [0.5, 0.6) is 0 Å². The second-order valence-electron chi connectivity index (χ2n) is 5.79. The molecule has 0 aliphatic rings. The molecule has 2 aromatic rings. The molecule has 1 unspecified atom stereocenters. The van der Waals surface area contributed by atoms with E-state index in [0.717, 1.165) is 11.1 Å². The van der Waals surface area contributed by atoms with E-state index in [1.807, 2.05) is 60.7 Å². The van der Waals surface area contributed by atoms with Crippen molar-refractivity contribution < 1.29 is 14.7 Å². The largest absolute Gasteiger partial charge is 0.481 e. The minimum absolute atomic E-state index is 0.0225. The molecule has 2 aromatic carbocycles. The van der Waals surface area contributed by atoms with Gasteiger partial charge in [-0.3, -0.25) is 9.59 Å². The Morgan fingerprint density at radius 1 is 0.826 bits per heavy atom. The van der Waals surface area contributed by atoms with Gasteiger partial charge in [-0.2, -0.15) is 0 Å². The molecule has 3 heteroatoms. The molecule has 0 saturated carbocycles. The van der Waals surface area contributed by atoms with Crippen molar-refractivity contribution in [3.8, 4) is 0 Å². The number of carbonyl (C=O) groups is 2. The normalized spacial score (nSPS) is 11.8. The van der Waals surface area contributed by atoms with Crippen molar-refractivity contribution in [3.63, 3.8) is 0 Å². The minimum Gasteiger partial charge on any atom is -0.481 e. The number of rotatable bonds is 9. The molecule has 0 heterocycles. The van der Waals surface area contributed by atoms with Crippen LogP contribution < -0.4 is 0 Å². The predicted octanol–water partition coefficient (Wildman–Crippen LogP) is 3.91. The molecule has 1 N–H and O–H groups in total. The standard InChI is InChI=1S/C20H22O3/c21-19(14-12-17-9-5-2-6-10-17)15-18(20(22)23)13-11-16-7-3-1-4-8-16/h1-10,18H,11-15H2,(H,22,23). The third-order valence-corrected chi connectivity index (χ3v) is 3.98. The van der Waals surface area contributed by atoms with E-state index >= 15 is 0 Å². The zero-order valence-electron chi connectivity index (χ0n) is 13.2. The van der Waals surface area contributed by atoms with Crippen molar-refractivity contribution in [1.82, 2.24) is 0 Å². The summed E-state index contributed by atoms with van der Waals surface area (Å²) in [6.45, 7) is 0. The maximum atomic E-state index is 12.1. The van der Waals surface area contributed by atoms with Crippen LogP contribution in [0.4, 0.5) is 0 Å². The van der Waals surface area contributed by atoms with Gasteiger partial charge in [-0.15, -0.1) is 0 Å². The Morgan fingerprint density at radius 3 is 1.87 bits per heavy atom. The molecule has 0 saturated heterocycles. The van der Waals surface area contributed by atoms with Crippen LogP contribution in [0.1, 0.15) is 30.4 Å². The van der Waals surface area contributed by atoms with Crippen LogP contribution in [0.25, 0.3) is 0 Å². The zero-order chi connectivity index (χ0) is 16.5. The van der Waals surface area contributed by atoms with Crippen molar-refractivity contribution in [2.45, 2.75) is 32.1 Å². The van der Waals surface area contributed by atoms with Gasteiger partial charge in [0.2, 0.25) is 0 Å². The lowest BCUT2D eigenvalue weighted by Gasteiger charge is -2.11. The van der Waals surface area contributed by atoms with Gasteiger partial charge in [0.15, 0.2) is 0 Å². The van der Waals surface area contributed by atoms with E-state index in [9.17, 15) is 14.7 Å². The Balaban J connectivity index is 1.81. The number of aliphatic carboxylic acids is 1. The Kier molecular flexibility index (Phi) is 6.55. The van der Waals surface area contributed by atoms with Crippen LogP contribution in [0.3, 0.4) is 0 Å².